The molecule has 1 aliphatic rings. The zero-order valence-corrected chi connectivity index (χ0v) is 11.3. The Kier molecular flexibility index (Phi) is 4.19. The van der Waals surface area contributed by atoms with Gasteiger partial charge in [-0.05, 0) is 26.7 Å². The number of oxazole rings is 1. The van der Waals surface area contributed by atoms with E-state index in [0.717, 1.165) is 12.8 Å². The molecule has 2 rings (SSSR count). The second kappa shape index (κ2) is 5.86. The van der Waals surface area contributed by atoms with E-state index in [1.165, 1.54) is 0 Å². The van der Waals surface area contributed by atoms with Crippen molar-refractivity contribution in [2.45, 2.75) is 39.2 Å². The average molecular weight is 265 g/mol. The highest BCUT2D eigenvalue weighted by Crippen LogP contribution is 2.13. The molecule has 0 radical (unpaired) electrons. The van der Waals surface area contributed by atoms with E-state index in [4.69, 9.17) is 4.42 Å². The van der Waals surface area contributed by atoms with Crippen LogP contribution in [0.2, 0.25) is 0 Å². The third-order valence-corrected chi connectivity index (χ3v) is 3.14. The van der Waals surface area contributed by atoms with Gasteiger partial charge in [-0.15, -0.1) is 0 Å². The molecule has 2 amide bonds. The predicted octanol–water partition coefficient (Wildman–Crippen LogP) is 1.17. The minimum atomic E-state index is -0.291. The van der Waals surface area contributed by atoms with Crippen molar-refractivity contribution in [1.82, 2.24) is 15.2 Å². The first-order chi connectivity index (χ1) is 9.06. The van der Waals surface area contributed by atoms with Gasteiger partial charge in [-0.25, -0.2) is 4.98 Å². The summed E-state index contributed by atoms with van der Waals surface area (Å²) in [6.07, 6.45) is 4.05. The molecular formula is C13H19N3O3. The fraction of sp³-hybridized carbons (Fsp3) is 0.615. The fourth-order valence-corrected chi connectivity index (χ4v) is 2.12. The maximum Gasteiger partial charge on any atom is 0.240 e. The molecule has 1 fully saturated rings. The van der Waals surface area contributed by atoms with Crippen molar-refractivity contribution < 1.29 is 14.0 Å². The Hall–Kier alpha value is -1.85. The van der Waals surface area contributed by atoms with Gasteiger partial charge in [0.2, 0.25) is 17.7 Å². The highest BCUT2D eigenvalue weighted by atomic mass is 16.4. The van der Waals surface area contributed by atoms with E-state index in [1.807, 2.05) is 0 Å². The van der Waals surface area contributed by atoms with E-state index in [-0.39, 0.29) is 24.4 Å². The Bertz CT molecular complexity index is 469. The van der Waals surface area contributed by atoms with Gasteiger partial charge in [-0.2, -0.15) is 0 Å². The summed E-state index contributed by atoms with van der Waals surface area (Å²) in [6.45, 7) is 4.39. The lowest BCUT2D eigenvalue weighted by atomic mass is 10.1. The molecule has 0 aromatic carbocycles. The van der Waals surface area contributed by atoms with Crippen LogP contribution in [0.3, 0.4) is 0 Å². The highest BCUT2D eigenvalue weighted by molar-refractivity contribution is 5.85. The lowest BCUT2D eigenvalue weighted by Gasteiger charge is -2.26. The first-order valence-corrected chi connectivity index (χ1v) is 6.55. The summed E-state index contributed by atoms with van der Waals surface area (Å²) in [5.74, 6) is 1.07. The molecule has 104 valence electrons. The molecule has 1 saturated heterocycles. The minimum absolute atomic E-state index is 0.0565. The van der Waals surface area contributed by atoms with Crippen LogP contribution in [0.4, 0.5) is 0 Å². The zero-order chi connectivity index (χ0) is 13.8. The van der Waals surface area contributed by atoms with Crippen molar-refractivity contribution in [1.29, 1.82) is 0 Å². The van der Waals surface area contributed by atoms with Crippen LogP contribution in [-0.4, -0.2) is 34.8 Å². The predicted molar refractivity (Wildman–Crippen MR) is 68.2 cm³/mol. The number of hydrogen-bond acceptors (Lipinski definition) is 4. The number of carbonyl (C=O) groups is 2. The van der Waals surface area contributed by atoms with Crippen molar-refractivity contribution in [3.8, 4) is 0 Å². The Labute approximate surface area is 112 Å². The molecule has 2 heterocycles. The van der Waals surface area contributed by atoms with Crippen LogP contribution in [0.5, 0.6) is 0 Å². The molecule has 0 saturated carbocycles. The van der Waals surface area contributed by atoms with Gasteiger partial charge in [-0.1, -0.05) is 0 Å². The Morgan fingerprint density at radius 1 is 1.58 bits per heavy atom. The van der Waals surface area contributed by atoms with Crippen molar-refractivity contribution in [2.24, 2.45) is 0 Å². The molecule has 1 aliphatic heterocycles. The van der Waals surface area contributed by atoms with E-state index in [0.29, 0.717) is 24.6 Å². The van der Waals surface area contributed by atoms with Crippen molar-refractivity contribution >= 4 is 11.8 Å². The van der Waals surface area contributed by atoms with E-state index in [1.54, 1.807) is 24.9 Å². The van der Waals surface area contributed by atoms with Gasteiger partial charge < -0.3 is 14.6 Å². The number of aryl methyl sites for hydroxylation is 1. The number of amides is 2. The van der Waals surface area contributed by atoms with E-state index < -0.39 is 0 Å². The lowest BCUT2D eigenvalue weighted by Crippen LogP contribution is -2.43. The number of piperidine rings is 1. The van der Waals surface area contributed by atoms with Crippen LogP contribution < -0.4 is 5.32 Å². The Morgan fingerprint density at radius 2 is 2.37 bits per heavy atom. The Balaban J connectivity index is 1.85. The zero-order valence-electron chi connectivity index (χ0n) is 11.3. The second-order valence-corrected chi connectivity index (χ2v) is 4.87. The summed E-state index contributed by atoms with van der Waals surface area (Å²) in [4.78, 5) is 29.1. The van der Waals surface area contributed by atoms with Gasteiger partial charge in [0.1, 0.15) is 11.8 Å². The smallest absolute Gasteiger partial charge is 0.240 e. The summed E-state index contributed by atoms with van der Waals surface area (Å²) in [6, 6.07) is -0.291. The molecule has 6 heteroatoms. The number of hydrogen-bond donors (Lipinski definition) is 1. The molecule has 0 unspecified atom stereocenters. The van der Waals surface area contributed by atoms with Gasteiger partial charge in [0.15, 0.2) is 0 Å². The maximum atomic E-state index is 11.9. The quantitative estimate of drug-likeness (QED) is 0.886. The summed E-state index contributed by atoms with van der Waals surface area (Å²) >= 11 is 0. The molecule has 1 aromatic heterocycles. The third-order valence-electron chi connectivity index (χ3n) is 3.14. The van der Waals surface area contributed by atoms with Gasteiger partial charge in [0, 0.05) is 13.0 Å². The molecule has 0 aliphatic carbocycles. The average Bonchev–Trinajstić information content (AvgIpc) is 2.79. The van der Waals surface area contributed by atoms with Crippen LogP contribution in [0.25, 0.3) is 0 Å². The normalized spacial score (nSPS) is 17.4. The van der Waals surface area contributed by atoms with Crippen LogP contribution in [0.1, 0.15) is 43.9 Å². The molecular weight excluding hydrogens is 246 g/mol. The molecule has 1 atom stereocenters. The summed E-state index contributed by atoms with van der Waals surface area (Å²) < 4.78 is 5.35. The fourth-order valence-electron chi connectivity index (χ4n) is 2.12. The summed E-state index contributed by atoms with van der Waals surface area (Å²) in [5, 5.41) is 2.79. The summed E-state index contributed by atoms with van der Waals surface area (Å²) in [7, 11) is 0. The number of nitrogens with zero attached hydrogens (tertiary/aromatic N) is 2. The van der Waals surface area contributed by atoms with Gasteiger partial charge >= 0.3 is 0 Å². The van der Waals surface area contributed by atoms with Gasteiger partial charge in [0.25, 0.3) is 0 Å². The molecule has 19 heavy (non-hydrogen) atoms. The van der Waals surface area contributed by atoms with Crippen molar-refractivity contribution in [3.63, 3.8) is 0 Å². The lowest BCUT2D eigenvalue weighted by molar-refractivity contribution is -0.138. The second-order valence-electron chi connectivity index (χ2n) is 4.87. The first-order valence-electron chi connectivity index (χ1n) is 6.55. The SMILES string of the molecule is Cc1cnc([C@H](C)NC(=O)CN2CCCCC2=O)o1. The van der Waals surface area contributed by atoms with Gasteiger partial charge in [0.05, 0.1) is 12.7 Å². The van der Waals surface area contributed by atoms with Crippen molar-refractivity contribution in [3.05, 3.63) is 17.8 Å². The number of rotatable bonds is 4. The topological polar surface area (TPSA) is 75.4 Å². The minimum Gasteiger partial charge on any atom is -0.444 e. The van der Waals surface area contributed by atoms with E-state index in [2.05, 4.69) is 10.3 Å². The monoisotopic (exact) mass is 265 g/mol. The molecule has 6 nitrogen and oxygen atoms in total. The van der Waals surface area contributed by atoms with Crippen LogP contribution in [-0.2, 0) is 9.59 Å². The molecule has 0 spiro atoms. The van der Waals surface area contributed by atoms with Gasteiger partial charge in [-0.3, -0.25) is 9.59 Å². The summed E-state index contributed by atoms with van der Waals surface area (Å²) in [5.41, 5.74) is 0. The van der Waals surface area contributed by atoms with Crippen molar-refractivity contribution in [2.75, 3.05) is 13.1 Å². The maximum absolute atomic E-state index is 11.9. The standard InChI is InChI=1S/C13H19N3O3/c1-9-7-14-13(19-9)10(2)15-11(17)8-16-6-4-3-5-12(16)18/h7,10H,3-6,8H2,1-2H3,(H,15,17)/t10-/m0/s1. The Morgan fingerprint density at radius 3 is 3.00 bits per heavy atom. The molecule has 0 bridgehead atoms. The largest absolute Gasteiger partial charge is 0.444 e. The highest BCUT2D eigenvalue weighted by Gasteiger charge is 2.22. The number of likely N-dealkylation sites (tertiary alicyclic amines) is 1. The van der Waals surface area contributed by atoms with E-state index in [9.17, 15) is 9.59 Å². The van der Waals surface area contributed by atoms with Crippen LogP contribution in [0.15, 0.2) is 10.6 Å². The number of nitrogens with one attached hydrogen (secondary N) is 1. The third kappa shape index (κ3) is 3.56. The van der Waals surface area contributed by atoms with E-state index >= 15 is 0 Å². The number of carbonyl (C=O) groups excluding carboxylic acids is 2. The first kappa shape index (κ1) is 13.6. The molecule has 1 aromatic rings. The number of aromatic nitrogens is 1. The van der Waals surface area contributed by atoms with Crippen LogP contribution in [0, 0.1) is 6.92 Å². The van der Waals surface area contributed by atoms with Crippen LogP contribution >= 0.6 is 0 Å². The molecule has 1 N–H and O–H groups in total.